The number of carbonyl (C=O) groups is 11. The molecule has 0 saturated carbocycles. The maximum Gasteiger partial charge on any atom is 0.458 e. The first-order valence-electron chi connectivity index (χ1n) is 36.0. The van der Waals surface area contributed by atoms with E-state index in [9.17, 15) is 108 Å². The second kappa shape index (κ2) is 52.0. The maximum absolute atomic E-state index is 13.5. The molecule has 2 aromatic carbocycles. The number of imidazole rings is 1. The van der Waals surface area contributed by atoms with Crippen molar-refractivity contribution in [3.63, 3.8) is 0 Å². The number of nitrogens with one attached hydrogen (secondary N) is 8. The van der Waals surface area contributed by atoms with Crippen LogP contribution in [0.2, 0.25) is 0 Å². The molecule has 5 rings (SSSR count). The number of nitrogens with zero attached hydrogens (tertiary/aromatic N) is 7. The van der Waals surface area contributed by atoms with Crippen LogP contribution >= 0.6 is 0 Å². The van der Waals surface area contributed by atoms with Crippen LogP contribution in [0.5, 0.6) is 5.75 Å². The number of Topliss-reactive ketones (excluding diaryl/α,β-unsaturated/α-hetero) is 2. The fraction of sp³-hybridized carbons (Fsp3) is 0.609. The molecule has 1 saturated heterocycles. The number of halogens is 6. The van der Waals surface area contributed by atoms with Gasteiger partial charge in [0.05, 0.1) is 82.4 Å². The SMILES string of the molecule is CCCCOCCOCCOCCCNC(=O)CCCOc1cc(C)c(S(=O)(=O)NC(CNC(=O)c2ccc3c(cnn3CCCNc3ncc[nH]3)c2)C(=O)O)c(C)c1.CNC(=O)[C@@H](CCC(=O)NCCOC)NC(=O)CN1CCN(CC(=O)O)CCN(CC(=O)O)CCN(CC(=O)O)CC1.O=C(C(=O)C(F)(F)F)C(F)(F)F. The van der Waals surface area contributed by atoms with Gasteiger partial charge in [-0.3, -0.25) is 77.0 Å². The number of ketones is 2. The number of carbonyl (C=O) groups excluding carboxylic acids is 7. The number of hydrogen-bond donors (Lipinski definition) is 12. The molecule has 1 unspecified atom stereocenters. The molecule has 634 valence electrons. The molecule has 12 N–H and O–H groups in total. The summed E-state index contributed by atoms with van der Waals surface area (Å²) in [4.78, 5) is 142. The van der Waals surface area contributed by atoms with Crippen LogP contribution in [0.15, 0.2) is 53.8 Å². The standard InChI is InChI=1S/C40H58N8O10S.C25H45N7O10.C4F6O2/c1-4-5-17-55-20-22-57-23-21-56-18-8-13-41-36(49)9-6-19-58-33-24-29(2)37(30(3)25-33)59(53,54)47-34(39(51)52)28-45-38(50)31-10-11-35-32(26-31)27-46-48(35)16-7-12-42-40-43-14-15-44-40;1-26-25(41)19(3-4-20(33)27-5-14-42-2)28-21(34)15-29-6-8-30(16-22(35)36)10-12-32(18-24(39)40)13-11-31(9-7-29)17-23(37)38;5-3(6,7)1(11)2(12)4(8,9)10/h10-11,14-15,24-27,34,47H,4-9,12-13,16-23,28H2,1-3H3,(H,41,49)(H,45,50)(H,51,52)(H2,42,43,44);19H,3-18H2,1-2H3,(H,26,41)(H,27,33)(H,28,34)(H,35,36)(H,37,38)(H,39,40);/t;19-;/m.1./s1. The normalized spacial score (nSPS) is 14.1. The van der Waals surface area contributed by atoms with Crippen molar-refractivity contribution in [3.8, 4) is 5.75 Å². The molecule has 0 spiro atoms. The maximum atomic E-state index is 13.5. The molecule has 0 bridgehead atoms. The molecule has 113 heavy (non-hydrogen) atoms. The highest BCUT2D eigenvalue weighted by Gasteiger charge is 2.54. The quantitative estimate of drug-likeness (QED) is 0.0167. The van der Waals surface area contributed by atoms with E-state index >= 15 is 0 Å². The van der Waals surface area contributed by atoms with Crippen molar-refractivity contribution in [2.24, 2.45) is 0 Å². The number of hydrogen-bond acceptors (Lipinski definition) is 25. The number of benzene rings is 2. The number of aromatic amines is 1. The number of aryl methyl sites for hydroxylation is 3. The molecule has 4 aromatic rings. The van der Waals surface area contributed by atoms with Crippen molar-refractivity contribution in [2.45, 2.75) is 108 Å². The summed E-state index contributed by atoms with van der Waals surface area (Å²) in [6.07, 6.45) is -2.14. The van der Waals surface area contributed by atoms with Gasteiger partial charge in [0.25, 0.3) is 5.91 Å². The zero-order valence-electron chi connectivity index (χ0n) is 63.6. The first-order valence-corrected chi connectivity index (χ1v) is 37.5. The third-order valence-corrected chi connectivity index (χ3v) is 18.1. The number of anilines is 1. The Balaban J connectivity index is 0.000000531. The number of alkyl halides is 6. The molecular formula is C69H103F6N15O22S. The van der Waals surface area contributed by atoms with Crippen LogP contribution < -0.4 is 41.4 Å². The summed E-state index contributed by atoms with van der Waals surface area (Å²) in [6, 6.07) is 5.48. The van der Waals surface area contributed by atoms with E-state index in [0.717, 1.165) is 36.8 Å². The highest BCUT2D eigenvalue weighted by molar-refractivity contribution is 7.89. The fourth-order valence-corrected chi connectivity index (χ4v) is 12.3. The van der Waals surface area contributed by atoms with E-state index in [1.54, 1.807) is 82.4 Å². The van der Waals surface area contributed by atoms with Gasteiger partial charge in [-0.25, -0.2) is 13.4 Å². The van der Waals surface area contributed by atoms with E-state index in [2.05, 4.69) is 58.6 Å². The predicted molar refractivity (Wildman–Crippen MR) is 392 cm³/mol. The Kier molecular flexibility index (Phi) is 44.9. The zero-order chi connectivity index (χ0) is 84.1. The minimum Gasteiger partial charge on any atom is -0.494 e. The number of rotatable bonds is 47. The van der Waals surface area contributed by atoms with Gasteiger partial charge in [-0.05, 0) is 87.4 Å². The van der Waals surface area contributed by atoms with Crippen molar-refractivity contribution in [1.29, 1.82) is 0 Å². The molecule has 0 radical (unpaired) electrons. The van der Waals surface area contributed by atoms with Crippen LogP contribution in [-0.4, -0.2) is 329 Å². The van der Waals surface area contributed by atoms with Crippen LogP contribution in [0.25, 0.3) is 10.9 Å². The Morgan fingerprint density at radius 1 is 0.611 bits per heavy atom. The third-order valence-electron chi connectivity index (χ3n) is 16.3. The molecule has 5 amide bonds. The second-order valence-electron chi connectivity index (χ2n) is 25.4. The average molecular weight is 1640 g/mol. The van der Waals surface area contributed by atoms with E-state index in [1.165, 1.54) is 14.2 Å². The van der Waals surface area contributed by atoms with Gasteiger partial charge >= 0.3 is 47.8 Å². The number of amides is 5. The Morgan fingerprint density at radius 2 is 1.13 bits per heavy atom. The van der Waals surface area contributed by atoms with Gasteiger partial charge in [0.2, 0.25) is 33.7 Å². The summed E-state index contributed by atoms with van der Waals surface area (Å²) in [5, 5.41) is 59.4. The van der Waals surface area contributed by atoms with Crippen molar-refractivity contribution in [1.82, 2.24) is 70.7 Å². The smallest absolute Gasteiger partial charge is 0.458 e. The zero-order valence-corrected chi connectivity index (χ0v) is 64.4. The monoisotopic (exact) mass is 1640 g/mol. The first-order chi connectivity index (χ1) is 53.5. The van der Waals surface area contributed by atoms with Crippen LogP contribution in [-0.2, 0) is 83.5 Å². The highest BCUT2D eigenvalue weighted by Crippen LogP contribution is 2.27. The number of ether oxygens (including phenoxy) is 5. The first kappa shape index (κ1) is 97.7. The van der Waals surface area contributed by atoms with Gasteiger partial charge in [0.1, 0.15) is 17.8 Å². The molecule has 1 aliphatic rings. The number of unbranched alkanes of at least 4 members (excludes halogenated alkanes) is 1. The molecule has 0 aliphatic carbocycles. The van der Waals surface area contributed by atoms with Gasteiger partial charge in [0, 0.05) is 149 Å². The summed E-state index contributed by atoms with van der Waals surface area (Å²) < 4.78 is 125. The minimum atomic E-state index is -5.77. The second-order valence-corrected chi connectivity index (χ2v) is 27.0. The van der Waals surface area contributed by atoms with Gasteiger partial charge in [-0.15, -0.1) is 0 Å². The minimum absolute atomic E-state index is 0.00100. The summed E-state index contributed by atoms with van der Waals surface area (Å²) in [5.41, 5.74) is 1.77. The Hall–Kier alpha value is -9.54. The fourth-order valence-electron chi connectivity index (χ4n) is 10.6. The molecule has 37 nitrogen and oxygen atoms in total. The summed E-state index contributed by atoms with van der Waals surface area (Å²) >= 11 is 0. The van der Waals surface area contributed by atoms with Crippen LogP contribution in [0.1, 0.15) is 79.8 Å². The number of carboxylic acids is 4. The van der Waals surface area contributed by atoms with Crippen molar-refractivity contribution in [3.05, 3.63) is 65.6 Å². The van der Waals surface area contributed by atoms with E-state index in [1.807, 2.05) is 4.68 Å². The Bertz CT molecular complexity index is 3710. The number of methoxy groups -OCH3 is 1. The van der Waals surface area contributed by atoms with Crippen molar-refractivity contribution >= 4 is 91.9 Å². The van der Waals surface area contributed by atoms with Crippen LogP contribution in [0.3, 0.4) is 0 Å². The van der Waals surface area contributed by atoms with Gasteiger partial charge < -0.3 is 81.0 Å². The van der Waals surface area contributed by atoms with Crippen molar-refractivity contribution in [2.75, 3.05) is 177 Å². The lowest BCUT2D eigenvalue weighted by atomic mass is 10.1. The van der Waals surface area contributed by atoms with Crippen LogP contribution in [0, 0.1) is 13.8 Å². The summed E-state index contributed by atoms with van der Waals surface area (Å²) in [7, 11) is -1.41. The number of carboxylic acid groups (broad SMARTS) is 4. The van der Waals surface area contributed by atoms with E-state index in [-0.39, 0.29) is 127 Å². The van der Waals surface area contributed by atoms with E-state index in [4.69, 9.17) is 23.7 Å². The molecular weight excluding hydrogens is 1540 g/mol. The van der Waals surface area contributed by atoms with E-state index < -0.39 is 94.2 Å². The van der Waals surface area contributed by atoms with Gasteiger partial charge in [-0.1, -0.05) is 13.3 Å². The molecule has 1 fully saturated rings. The van der Waals surface area contributed by atoms with Gasteiger partial charge in [0.15, 0.2) is 5.95 Å². The lowest BCUT2D eigenvalue weighted by Gasteiger charge is -2.33. The Morgan fingerprint density at radius 3 is 1.63 bits per heavy atom. The average Bonchev–Trinajstić information content (AvgIpc) is 1.66. The molecule has 2 aromatic heterocycles. The number of fused-ring (bicyclic) bond motifs is 1. The third kappa shape index (κ3) is 40.2. The number of sulfonamides is 1. The number of H-pyrrole nitrogens is 1. The lowest BCUT2D eigenvalue weighted by molar-refractivity contribution is -0.193. The predicted octanol–water partition coefficient (Wildman–Crippen LogP) is 1.04. The highest BCUT2D eigenvalue weighted by atomic mass is 32.2. The Labute approximate surface area is 648 Å². The van der Waals surface area contributed by atoms with E-state index in [0.29, 0.717) is 101 Å². The molecule has 3 heterocycles. The number of likely N-dealkylation sites (N-methyl/N-ethyl adjacent to an activating group) is 1. The number of aromatic nitrogens is 4. The van der Waals surface area contributed by atoms with Crippen molar-refractivity contribution < 1.29 is 132 Å². The van der Waals surface area contributed by atoms with Crippen LogP contribution in [0.4, 0.5) is 32.3 Å². The summed E-state index contributed by atoms with van der Waals surface area (Å²) in [6.45, 7) is 11.9. The molecule has 1 aliphatic heterocycles. The molecule has 2 atom stereocenters. The topological polar surface area (TPSA) is 493 Å². The molecule has 44 heteroatoms. The van der Waals surface area contributed by atoms with Gasteiger partial charge in [-0.2, -0.15) is 36.2 Å². The lowest BCUT2D eigenvalue weighted by Crippen LogP contribution is -2.52. The largest absolute Gasteiger partial charge is 0.494 e. The number of aliphatic carboxylic acids is 4. The summed E-state index contributed by atoms with van der Waals surface area (Å²) in [5.74, 6) is -12.2.